The number of nitrogens with zero attached hydrogens (tertiary/aromatic N) is 4. The zero-order chi connectivity index (χ0) is 14.5. The standard InChI is InChI=1S/C14H29N5/c1-7-18(8-2)14(4,5)12(15-6)10-13-16-11-17-19(13)9-3/h11-12,15H,7-10H2,1-6H3. The van der Waals surface area contributed by atoms with Gasteiger partial charge >= 0.3 is 0 Å². The normalized spacial score (nSPS) is 14.1. The van der Waals surface area contributed by atoms with E-state index < -0.39 is 0 Å². The first-order valence-electron chi connectivity index (χ1n) is 7.30. The molecule has 0 amide bonds. The second kappa shape index (κ2) is 7.01. The smallest absolute Gasteiger partial charge is 0.138 e. The Balaban J connectivity index is 2.88. The molecule has 0 aliphatic carbocycles. The minimum Gasteiger partial charge on any atom is -0.315 e. The van der Waals surface area contributed by atoms with Crippen molar-refractivity contribution in [1.29, 1.82) is 0 Å². The fraction of sp³-hybridized carbons (Fsp3) is 0.857. The third kappa shape index (κ3) is 3.54. The van der Waals surface area contributed by atoms with Gasteiger partial charge in [-0.1, -0.05) is 13.8 Å². The molecule has 1 unspecified atom stereocenters. The van der Waals surface area contributed by atoms with Gasteiger partial charge in [-0.05, 0) is 40.9 Å². The summed E-state index contributed by atoms with van der Waals surface area (Å²) < 4.78 is 1.97. The van der Waals surface area contributed by atoms with E-state index in [-0.39, 0.29) is 5.54 Å². The summed E-state index contributed by atoms with van der Waals surface area (Å²) in [6.07, 6.45) is 2.55. The summed E-state index contributed by atoms with van der Waals surface area (Å²) in [5, 5.41) is 7.71. The quantitative estimate of drug-likeness (QED) is 0.776. The summed E-state index contributed by atoms with van der Waals surface area (Å²) >= 11 is 0. The third-order valence-corrected chi connectivity index (χ3v) is 4.16. The Morgan fingerprint density at radius 1 is 1.32 bits per heavy atom. The SMILES string of the molecule is CCN(CC)C(C)(C)C(Cc1ncnn1CC)NC. The van der Waals surface area contributed by atoms with E-state index in [0.29, 0.717) is 6.04 Å². The molecule has 0 saturated heterocycles. The van der Waals surface area contributed by atoms with Crippen LogP contribution in [0, 0.1) is 0 Å². The summed E-state index contributed by atoms with van der Waals surface area (Å²) in [7, 11) is 2.03. The Bertz CT molecular complexity index is 368. The zero-order valence-electron chi connectivity index (χ0n) is 13.3. The second-order valence-electron chi connectivity index (χ2n) is 5.36. The molecule has 5 heteroatoms. The van der Waals surface area contributed by atoms with Crippen molar-refractivity contribution in [2.45, 2.75) is 59.2 Å². The van der Waals surface area contributed by atoms with Gasteiger partial charge in [-0.25, -0.2) is 4.98 Å². The Kier molecular flexibility index (Phi) is 5.94. The maximum atomic E-state index is 4.39. The van der Waals surface area contributed by atoms with Gasteiger partial charge in [0.2, 0.25) is 0 Å². The number of rotatable bonds is 8. The Morgan fingerprint density at radius 2 is 1.95 bits per heavy atom. The van der Waals surface area contributed by atoms with Gasteiger partial charge in [0, 0.05) is 24.5 Å². The van der Waals surface area contributed by atoms with E-state index >= 15 is 0 Å². The van der Waals surface area contributed by atoms with Gasteiger partial charge in [-0.15, -0.1) is 0 Å². The van der Waals surface area contributed by atoms with Crippen LogP contribution in [0.5, 0.6) is 0 Å². The summed E-state index contributed by atoms with van der Waals surface area (Å²) in [5.74, 6) is 1.06. The predicted octanol–water partition coefficient (Wildman–Crippen LogP) is 1.55. The van der Waals surface area contributed by atoms with Gasteiger partial charge in [-0.2, -0.15) is 5.10 Å². The third-order valence-electron chi connectivity index (χ3n) is 4.16. The topological polar surface area (TPSA) is 46.0 Å². The van der Waals surface area contributed by atoms with Crippen LogP contribution in [0.2, 0.25) is 0 Å². The molecule has 1 heterocycles. The molecule has 0 bridgehead atoms. The van der Waals surface area contributed by atoms with E-state index in [2.05, 4.69) is 54.9 Å². The van der Waals surface area contributed by atoms with Crippen LogP contribution >= 0.6 is 0 Å². The highest BCUT2D eigenvalue weighted by molar-refractivity contribution is 4.99. The number of hydrogen-bond acceptors (Lipinski definition) is 4. The lowest BCUT2D eigenvalue weighted by atomic mass is 9.89. The van der Waals surface area contributed by atoms with Crippen LogP contribution < -0.4 is 5.32 Å². The van der Waals surface area contributed by atoms with Crippen molar-refractivity contribution in [2.24, 2.45) is 0 Å². The van der Waals surface area contributed by atoms with Crippen molar-refractivity contribution < 1.29 is 0 Å². The van der Waals surface area contributed by atoms with E-state index in [1.807, 2.05) is 11.7 Å². The van der Waals surface area contributed by atoms with E-state index in [4.69, 9.17) is 0 Å². The molecule has 0 aromatic carbocycles. The molecule has 1 N–H and O–H groups in total. The fourth-order valence-corrected chi connectivity index (χ4v) is 2.86. The van der Waals surface area contributed by atoms with Crippen LogP contribution in [-0.4, -0.2) is 51.4 Å². The molecule has 1 atom stereocenters. The van der Waals surface area contributed by atoms with Gasteiger partial charge < -0.3 is 5.32 Å². The van der Waals surface area contributed by atoms with Crippen LogP contribution in [0.1, 0.15) is 40.4 Å². The molecule has 0 spiro atoms. The Morgan fingerprint density at radius 3 is 2.42 bits per heavy atom. The monoisotopic (exact) mass is 267 g/mol. The second-order valence-corrected chi connectivity index (χ2v) is 5.36. The van der Waals surface area contributed by atoms with E-state index in [9.17, 15) is 0 Å². The summed E-state index contributed by atoms with van der Waals surface area (Å²) in [5.41, 5.74) is 0.0861. The van der Waals surface area contributed by atoms with Gasteiger partial charge in [0.15, 0.2) is 0 Å². The zero-order valence-corrected chi connectivity index (χ0v) is 13.3. The molecule has 0 aliphatic heterocycles. The van der Waals surface area contributed by atoms with E-state index in [1.165, 1.54) is 0 Å². The largest absolute Gasteiger partial charge is 0.315 e. The lowest BCUT2D eigenvalue weighted by molar-refractivity contribution is 0.0931. The number of likely N-dealkylation sites (N-methyl/N-ethyl adjacent to an activating group) is 2. The van der Waals surface area contributed by atoms with Crippen molar-refractivity contribution in [3.8, 4) is 0 Å². The fourth-order valence-electron chi connectivity index (χ4n) is 2.86. The molecule has 0 aliphatic rings. The van der Waals surface area contributed by atoms with Crippen molar-refractivity contribution in [3.05, 3.63) is 12.2 Å². The van der Waals surface area contributed by atoms with Crippen LogP contribution in [0.4, 0.5) is 0 Å². The van der Waals surface area contributed by atoms with E-state index in [1.54, 1.807) is 6.33 Å². The van der Waals surface area contributed by atoms with Crippen molar-refractivity contribution in [1.82, 2.24) is 25.0 Å². The van der Waals surface area contributed by atoms with Crippen LogP contribution in [0.3, 0.4) is 0 Å². The Labute approximate surface area is 117 Å². The predicted molar refractivity (Wildman–Crippen MR) is 79.2 cm³/mol. The number of aromatic nitrogens is 3. The molecule has 1 aromatic rings. The molecule has 110 valence electrons. The van der Waals surface area contributed by atoms with Crippen LogP contribution in [0.15, 0.2) is 6.33 Å². The average Bonchev–Trinajstić information content (AvgIpc) is 2.83. The first-order chi connectivity index (χ1) is 9.01. The van der Waals surface area contributed by atoms with Gasteiger partial charge in [0.1, 0.15) is 12.2 Å². The first kappa shape index (κ1) is 16.1. The highest BCUT2D eigenvalue weighted by Crippen LogP contribution is 2.21. The van der Waals surface area contributed by atoms with Crippen molar-refractivity contribution >= 4 is 0 Å². The number of nitrogens with one attached hydrogen (secondary N) is 1. The summed E-state index contributed by atoms with van der Waals surface area (Å²) in [6.45, 7) is 14.1. The lowest BCUT2D eigenvalue weighted by Gasteiger charge is -2.43. The highest BCUT2D eigenvalue weighted by atomic mass is 15.3. The minimum absolute atomic E-state index is 0.0861. The lowest BCUT2D eigenvalue weighted by Crippen LogP contribution is -2.58. The number of hydrogen-bond donors (Lipinski definition) is 1. The molecule has 1 rings (SSSR count). The van der Waals surface area contributed by atoms with Gasteiger partial charge in [-0.3, -0.25) is 9.58 Å². The number of aryl methyl sites for hydroxylation is 1. The molecule has 0 saturated carbocycles. The molecule has 0 radical (unpaired) electrons. The molecule has 1 aromatic heterocycles. The molecule has 19 heavy (non-hydrogen) atoms. The van der Waals surface area contributed by atoms with Gasteiger partial charge in [0.25, 0.3) is 0 Å². The maximum absolute atomic E-state index is 4.39. The van der Waals surface area contributed by atoms with E-state index in [0.717, 1.165) is 31.9 Å². The van der Waals surface area contributed by atoms with Crippen molar-refractivity contribution in [2.75, 3.05) is 20.1 Å². The van der Waals surface area contributed by atoms with Crippen LogP contribution in [0.25, 0.3) is 0 Å². The molecule has 0 fully saturated rings. The summed E-state index contributed by atoms with van der Waals surface area (Å²) in [4.78, 5) is 6.88. The summed E-state index contributed by atoms with van der Waals surface area (Å²) in [6, 6.07) is 0.349. The molecular weight excluding hydrogens is 238 g/mol. The molecule has 5 nitrogen and oxygen atoms in total. The minimum atomic E-state index is 0.0861. The van der Waals surface area contributed by atoms with Gasteiger partial charge in [0.05, 0.1) is 0 Å². The van der Waals surface area contributed by atoms with Crippen molar-refractivity contribution in [3.63, 3.8) is 0 Å². The van der Waals surface area contributed by atoms with Crippen LogP contribution in [-0.2, 0) is 13.0 Å². The Hall–Kier alpha value is -0.940. The average molecular weight is 267 g/mol. The highest BCUT2D eigenvalue weighted by Gasteiger charge is 2.33. The molecular formula is C14H29N5. The first-order valence-corrected chi connectivity index (χ1v) is 7.30. The maximum Gasteiger partial charge on any atom is 0.138 e.